The van der Waals surface area contributed by atoms with Crippen LogP contribution in [0.4, 0.5) is 0 Å². The van der Waals surface area contributed by atoms with E-state index in [1.807, 2.05) is 7.05 Å². The Bertz CT molecular complexity index is 554. The number of halogens is 1. The molecule has 8 heteroatoms. The summed E-state index contributed by atoms with van der Waals surface area (Å²) in [6.45, 7) is 0.0484. The molecule has 1 aliphatic carbocycles. The summed E-state index contributed by atoms with van der Waals surface area (Å²) < 4.78 is 27.2. The molecular weight excluding hydrogens is 332 g/mol. The van der Waals surface area contributed by atoms with Crippen LogP contribution in [0.25, 0.3) is 0 Å². The van der Waals surface area contributed by atoms with E-state index in [2.05, 4.69) is 10.0 Å². The van der Waals surface area contributed by atoms with Gasteiger partial charge in [0.2, 0.25) is 10.0 Å². The van der Waals surface area contributed by atoms with Crippen LogP contribution in [0, 0.1) is 5.92 Å². The van der Waals surface area contributed by atoms with Gasteiger partial charge in [-0.3, -0.25) is 0 Å². The highest BCUT2D eigenvalue weighted by Crippen LogP contribution is 2.28. The highest BCUT2D eigenvalue weighted by Gasteiger charge is 2.27. The van der Waals surface area contributed by atoms with Crippen molar-refractivity contribution in [1.82, 2.24) is 10.0 Å². The Labute approximate surface area is 134 Å². The fourth-order valence-corrected chi connectivity index (χ4v) is 5.25. The second-order valence-electron chi connectivity index (χ2n) is 5.38. The number of sulfonamides is 1. The van der Waals surface area contributed by atoms with Gasteiger partial charge in [-0.2, -0.15) is 0 Å². The number of nitrogens with one attached hydrogen (secondary N) is 2. The zero-order chi connectivity index (χ0) is 15.5. The van der Waals surface area contributed by atoms with Crippen LogP contribution in [0.3, 0.4) is 0 Å². The molecule has 2 rings (SSSR count). The van der Waals surface area contributed by atoms with E-state index in [1.54, 1.807) is 6.07 Å². The topological polar surface area (TPSA) is 78.4 Å². The van der Waals surface area contributed by atoms with Gasteiger partial charge in [0.05, 0.1) is 10.4 Å². The van der Waals surface area contributed by atoms with Gasteiger partial charge in [0.25, 0.3) is 0 Å². The van der Waals surface area contributed by atoms with E-state index in [4.69, 9.17) is 11.6 Å². The first-order chi connectivity index (χ1) is 9.92. The molecular formula is C13H21ClN2O3S2. The maximum Gasteiger partial charge on any atom is 0.250 e. The van der Waals surface area contributed by atoms with E-state index < -0.39 is 16.1 Å². The molecule has 1 aromatic rings. The predicted molar refractivity (Wildman–Crippen MR) is 85.3 cm³/mol. The molecule has 0 spiro atoms. The van der Waals surface area contributed by atoms with E-state index in [-0.39, 0.29) is 16.7 Å². The molecule has 0 aromatic carbocycles. The number of hydrogen-bond acceptors (Lipinski definition) is 5. The van der Waals surface area contributed by atoms with Crippen LogP contribution in [0.1, 0.15) is 25.7 Å². The molecule has 120 valence electrons. The largest absolute Gasteiger partial charge is 0.391 e. The molecule has 1 saturated carbocycles. The summed E-state index contributed by atoms with van der Waals surface area (Å²) in [5.74, 6) is 0.157. The first-order valence-corrected chi connectivity index (χ1v) is 9.70. The third-order valence-electron chi connectivity index (χ3n) is 4.02. The van der Waals surface area contributed by atoms with Crippen LogP contribution < -0.4 is 10.0 Å². The monoisotopic (exact) mass is 352 g/mol. The van der Waals surface area contributed by atoms with Crippen molar-refractivity contribution in [2.75, 3.05) is 13.6 Å². The van der Waals surface area contributed by atoms with E-state index in [0.717, 1.165) is 37.0 Å². The summed E-state index contributed by atoms with van der Waals surface area (Å²) in [6.07, 6.45) is 3.23. The van der Waals surface area contributed by atoms with Crippen molar-refractivity contribution in [1.29, 1.82) is 0 Å². The molecule has 3 N–H and O–H groups in total. The van der Waals surface area contributed by atoms with E-state index in [9.17, 15) is 13.5 Å². The van der Waals surface area contributed by atoms with E-state index >= 15 is 0 Å². The number of aliphatic hydroxyl groups is 1. The van der Waals surface area contributed by atoms with Crippen LogP contribution in [-0.2, 0) is 10.0 Å². The summed E-state index contributed by atoms with van der Waals surface area (Å²) >= 11 is 6.76. The molecule has 1 aromatic heterocycles. The maximum atomic E-state index is 12.1. The second kappa shape index (κ2) is 7.39. The fourth-order valence-electron chi connectivity index (χ4n) is 2.67. The van der Waals surface area contributed by atoms with Crippen molar-refractivity contribution in [3.63, 3.8) is 0 Å². The quantitative estimate of drug-likeness (QED) is 0.729. The summed E-state index contributed by atoms with van der Waals surface area (Å²) in [7, 11) is -1.63. The van der Waals surface area contributed by atoms with Gasteiger partial charge in [0.1, 0.15) is 4.21 Å². The minimum Gasteiger partial charge on any atom is -0.391 e. The minimum absolute atomic E-state index is 0.0484. The first kappa shape index (κ1) is 17.2. The van der Waals surface area contributed by atoms with E-state index in [1.165, 1.54) is 6.07 Å². The molecule has 1 atom stereocenters. The SMILES string of the molecule is CNC1CCC([C@@H](O)CNS(=O)(=O)c2ccc(Cl)s2)CC1. The molecule has 0 aliphatic heterocycles. The number of thiophene rings is 1. The Morgan fingerprint density at radius 1 is 1.38 bits per heavy atom. The predicted octanol–water partition coefficient (Wildman–Crippen LogP) is 1.82. The standard InChI is InChI=1S/C13H21ClN2O3S2/c1-15-10-4-2-9(3-5-10)11(17)8-16-21(18,19)13-7-6-12(14)20-13/h6-7,9-11,15-17H,2-5,8H2,1H3/t9?,10?,11-/m0/s1. The highest BCUT2D eigenvalue weighted by atomic mass is 35.5. The molecule has 21 heavy (non-hydrogen) atoms. The smallest absolute Gasteiger partial charge is 0.250 e. The van der Waals surface area contributed by atoms with Gasteiger partial charge in [-0.05, 0) is 50.8 Å². The Morgan fingerprint density at radius 2 is 2.05 bits per heavy atom. The molecule has 1 aliphatic rings. The van der Waals surface area contributed by atoms with Gasteiger partial charge >= 0.3 is 0 Å². The Balaban J connectivity index is 1.85. The Hall–Kier alpha value is -0.180. The molecule has 1 fully saturated rings. The zero-order valence-electron chi connectivity index (χ0n) is 11.9. The number of hydrogen-bond donors (Lipinski definition) is 3. The van der Waals surface area contributed by atoms with Gasteiger partial charge in [0, 0.05) is 12.6 Å². The van der Waals surface area contributed by atoms with Crippen molar-refractivity contribution in [3.05, 3.63) is 16.5 Å². The van der Waals surface area contributed by atoms with Crippen molar-refractivity contribution < 1.29 is 13.5 Å². The summed E-state index contributed by atoms with van der Waals surface area (Å²) in [6, 6.07) is 3.54. The van der Waals surface area contributed by atoms with Crippen molar-refractivity contribution in [3.8, 4) is 0 Å². The fraction of sp³-hybridized carbons (Fsp3) is 0.692. The van der Waals surface area contributed by atoms with Crippen LogP contribution in [0.2, 0.25) is 4.34 Å². The van der Waals surface area contributed by atoms with Crippen LogP contribution in [0.5, 0.6) is 0 Å². The third-order valence-corrected chi connectivity index (χ3v) is 7.17. The lowest BCUT2D eigenvalue weighted by Gasteiger charge is -2.31. The molecule has 5 nitrogen and oxygen atoms in total. The lowest BCUT2D eigenvalue weighted by molar-refractivity contribution is 0.0828. The van der Waals surface area contributed by atoms with Gasteiger partial charge < -0.3 is 10.4 Å². The summed E-state index contributed by atoms with van der Waals surface area (Å²) in [4.78, 5) is 0. The van der Waals surface area contributed by atoms with Crippen LogP contribution in [0.15, 0.2) is 16.3 Å². The average molecular weight is 353 g/mol. The molecule has 1 heterocycles. The van der Waals surface area contributed by atoms with Crippen molar-refractivity contribution in [2.24, 2.45) is 5.92 Å². The van der Waals surface area contributed by atoms with Gasteiger partial charge in [-0.1, -0.05) is 11.6 Å². The van der Waals surface area contributed by atoms with Gasteiger partial charge in [0.15, 0.2) is 0 Å². The van der Waals surface area contributed by atoms with Gasteiger partial charge in [-0.25, -0.2) is 13.1 Å². The minimum atomic E-state index is -3.58. The molecule has 0 unspecified atom stereocenters. The van der Waals surface area contributed by atoms with Crippen molar-refractivity contribution in [2.45, 2.75) is 42.0 Å². The Kier molecular flexibility index (Phi) is 6.05. The van der Waals surface area contributed by atoms with Crippen LogP contribution in [-0.4, -0.2) is 39.3 Å². The van der Waals surface area contributed by atoms with Crippen molar-refractivity contribution >= 4 is 33.0 Å². The third kappa shape index (κ3) is 4.64. The lowest BCUT2D eigenvalue weighted by Crippen LogP contribution is -2.39. The first-order valence-electron chi connectivity index (χ1n) is 7.02. The lowest BCUT2D eigenvalue weighted by atomic mass is 9.83. The van der Waals surface area contributed by atoms with E-state index in [0.29, 0.717) is 10.4 Å². The highest BCUT2D eigenvalue weighted by molar-refractivity contribution is 7.91. The number of aliphatic hydroxyl groups excluding tert-OH is 1. The van der Waals surface area contributed by atoms with Gasteiger partial charge in [-0.15, -0.1) is 11.3 Å². The molecule has 0 saturated heterocycles. The average Bonchev–Trinajstić information content (AvgIpc) is 2.92. The summed E-state index contributed by atoms with van der Waals surface area (Å²) in [5.41, 5.74) is 0. The number of rotatable bonds is 6. The zero-order valence-corrected chi connectivity index (χ0v) is 14.3. The normalized spacial score (nSPS) is 24.9. The second-order valence-corrected chi connectivity index (χ2v) is 9.09. The molecule has 0 bridgehead atoms. The molecule has 0 amide bonds. The maximum absolute atomic E-state index is 12.1. The summed E-state index contributed by atoms with van der Waals surface area (Å²) in [5, 5.41) is 13.4. The van der Waals surface area contributed by atoms with Crippen LogP contribution >= 0.6 is 22.9 Å². The Morgan fingerprint density at radius 3 is 2.57 bits per heavy atom. The molecule has 0 radical (unpaired) electrons.